The van der Waals surface area contributed by atoms with E-state index in [0.29, 0.717) is 13.0 Å². The van der Waals surface area contributed by atoms with E-state index in [1.807, 2.05) is 0 Å². The van der Waals surface area contributed by atoms with Crippen molar-refractivity contribution in [3.8, 4) is 11.1 Å². The maximum absolute atomic E-state index is 12.1. The van der Waals surface area contributed by atoms with Crippen LogP contribution in [0.25, 0.3) is 11.1 Å². The minimum absolute atomic E-state index is 0.120. The van der Waals surface area contributed by atoms with E-state index in [1.165, 1.54) is 22.3 Å². The van der Waals surface area contributed by atoms with Crippen molar-refractivity contribution in [3.63, 3.8) is 0 Å². The smallest absolute Gasteiger partial charge is 0.305 e. The molecule has 1 atom stereocenters. The zero-order valence-electron chi connectivity index (χ0n) is 14.9. The molecule has 0 heterocycles. The Kier molecular flexibility index (Phi) is 5.87. The maximum atomic E-state index is 12.1. The molecule has 25 heavy (non-hydrogen) atoms. The van der Waals surface area contributed by atoms with Crippen LogP contribution in [0.3, 0.4) is 0 Å². The van der Waals surface area contributed by atoms with Crippen LogP contribution in [0.5, 0.6) is 0 Å². The Morgan fingerprint density at radius 1 is 1.04 bits per heavy atom. The first kappa shape index (κ1) is 17.7. The number of hydrogen-bond acceptors (Lipinski definition) is 3. The molecule has 0 fully saturated rings. The molecule has 2 aromatic rings. The van der Waals surface area contributed by atoms with E-state index in [1.54, 1.807) is 0 Å². The largest absolute Gasteiger partial charge is 0.465 e. The summed E-state index contributed by atoms with van der Waals surface area (Å²) in [4.78, 5) is 12.1. The molecule has 0 saturated heterocycles. The second kappa shape index (κ2) is 8.30. The van der Waals surface area contributed by atoms with Crippen LogP contribution in [0.1, 0.15) is 56.1 Å². The second-order valence-corrected chi connectivity index (χ2v) is 6.85. The molecule has 1 aliphatic carbocycles. The predicted octanol–water partition coefficient (Wildman–Crippen LogP) is 4.64. The van der Waals surface area contributed by atoms with E-state index in [-0.39, 0.29) is 17.9 Å². The topological polar surface area (TPSA) is 52.3 Å². The molecule has 3 nitrogen and oxygen atoms in total. The molecule has 2 aromatic carbocycles. The first-order valence-corrected chi connectivity index (χ1v) is 9.30. The van der Waals surface area contributed by atoms with Crippen LogP contribution in [0.4, 0.5) is 0 Å². The van der Waals surface area contributed by atoms with Crippen molar-refractivity contribution in [2.24, 2.45) is 5.73 Å². The Morgan fingerprint density at radius 2 is 1.64 bits per heavy atom. The molecule has 0 aliphatic heterocycles. The first-order chi connectivity index (χ1) is 12.2. The molecule has 132 valence electrons. The van der Waals surface area contributed by atoms with Crippen LogP contribution in [-0.4, -0.2) is 18.6 Å². The van der Waals surface area contributed by atoms with Crippen LogP contribution in [0, 0.1) is 0 Å². The van der Waals surface area contributed by atoms with Gasteiger partial charge in [0.05, 0.1) is 0 Å². The summed E-state index contributed by atoms with van der Waals surface area (Å²) in [7, 11) is 0. The van der Waals surface area contributed by atoms with Gasteiger partial charge in [-0.3, -0.25) is 4.79 Å². The second-order valence-electron chi connectivity index (χ2n) is 6.85. The lowest BCUT2D eigenvalue weighted by Crippen LogP contribution is -2.20. The number of benzene rings is 2. The summed E-state index contributed by atoms with van der Waals surface area (Å²) in [6.07, 6.45) is 4.25. The van der Waals surface area contributed by atoms with E-state index in [0.717, 1.165) is 25.7 Å². The van der Waals surface area contributed by atoms with E-state index in [2.05, 4.69) is 55.5 Å². The molecule has 2 N–H and O–H groups in total. The Bertz CT molecular complexity index is 680. The Hall–Kier alpha value is -2.13. The SMILES string of the molecule is CCC[C@@H](N)CCCC(=O)OCC1c2ccccc2-c2ccccc21. The summed E-state index contributed by atoms with van der Waals surface area (Å²) in [6.45, 7) is 2.54. The third kappa shape index (κ3) is 4.10. The molecule has 3 rings (SSSR count). The van der Waals surface area contributed by atoms with E-state index in [9.17, 15) is 4.79 Å². The van der Waals surface area contributed by atoms with Crippen molar-refractivity contribution >= 4 is 5.97 Å². The lowest BCUT2D eigenvalue weighted by Gasteiger charge is -2.14. The average molecular weight is 337 g/mol. The molecule has 0 bridgehead atoms. The van der Waals surface area contributed by atoms with Crippen molar-refractivity contribution in [1.29, 1.82) is 0 Å². The van der Waals surface area contributed by atoms with Crippen molar-refractivity contribution in [2.45, 2.75) is 51.0 Å². The summed E-state index contributed by atoms with van der Waals surface area (Å²) in [5, 5.41) is 0. The van der Waals surface area contributed by atoms with Gasteiger partial charge < -0.3 is 10.5 Å². The van der Waals surface area contributed by atoms with Gasteiger partial charge in [0.2, 0.25) is 0 Å². The number of carbonyl (C=O) groups excluding carboxylic acids is 1. The van der Waals surface area contributed by atoms with Crippen molar-refractivity contribution in [1.82, 2.24) is 0 Å². The van der Waals surface area contributed by atoms with E-state index < -0.39 is 0 Å². The summed E-state index contributed by atoms with van der Waals surface area (Å²) < 4.78 is 5.60. The Morgan fingerprint density at radius 3 is 2.24 bits per heavy atom. The number of rotatable bonds is 8. The summed E-state index contributed by atoms with van der Waals surface area (Å²) >= 11 is 0. The molecule has 0 amide bonds. The number of hydrogen-bond donors (Lipinski definition) is 1. The summed E-state index contributed by atoms with van der Waals surface area (Å²) in [5.74, 6) is 0.0178. The van der Waals surface area contributed by atoms with E-state index in [4.69, 9.17) is 10.5 Å². The van der Waals surface area contributed by atoms with Gasteiger partial charge in [0.15, 0.2) is 0 Å². The fourth-order valence-corrected chi connectivity index (χ4v) is 3.71. The lowest BCUT2D eigenvalue weighted by atomic mass is 9.98. The predicted molar refractivity (Wildman–Crippen MR) is 101 cm³/mol. The fourth-order valence-electron chi connectivity index (χ4n) is 3.71. The van der Waals surface area contributed by atoms with E-state index >= 15 is 0 Å². The first-order valence-electron chi connectivity index (χ1n) is 9.30. The van der Waals surface area contributed by atoms with Crippen LogP contribution in [0.2, 0.25) is 0 Å². The van der Waals surface area contributed by atoms with Crippen molar-refractivity contribution < 1.29 is 9.53 Å². The van der Waals surface area contributed by atoms with Crippen LogP contribution in [0.15, 0.2) is 48.5 Å². The fraction of sp³-hybridized carbons (Fsp3) is 0.409. The molecular weight excluding hydrogens is 310 g/mol. The zero-order valence-corrected chi connectivity index (χ0v) is 14.9. The number of ether oxygens (including phenoxy) is 1. The van der Waals surface area contributed by atoms with Gasteiger partial charge in [-0.15, -0.1) is 0 Å². The normalized spacial score (nSPS) is 14.0. The molecule has 0 unspecified atom stereocenters. The minimum atomic E-state index is -0.120. The summed E-state index contributed by atoms with van der Waals surface area (Å²) in [6, 6.07) is 17.0. The molecule has 0 saturated carbocycles. The average Bonchev–Trinajstić information content (AvgIpc) is 2.94. The lowest BCUT2D eigenvalue weighted by molar-refractivity contribution is -0.144. The van der Waals surface area contributed by atoms with Gasteiger partial charge >= 0.3 is 5.97 Å². The van der Waals surface area contributed by atoms with Gasteiger partial charge in [0, 0.05) is 18.4 Å². The number of carbonyl (C=O) groups is 1. The van der Waals surface area contributed by atoms with Crippen LogP contribution >= 0.6 is 0 Å². The van der Waals surface area contributed by atoms with Gasteiger partial charge in [-0.1, -0.05) is 61.9 Å². The Balaban J connectivity index is 1.57. The number of nitrogens with two attached hydrogens (primary N) is 1. The third-order valence-electron chi connectivity index (χ3n) is 4.99. The minimum Gasteiger partial charge on any atom is -0.465 e. The van der Waals surface area contributed by atoms with Crippen LogP contribution < -0.4 is 5.73 Å². The highest BCUT2D eigenvalue weighted by molar-refractivity contribution is 5.79. The molecule has 0 radical (unpaired) electrons. The highest BCUT2D eigenvalue weighted by Crippen LogP contribution is 2.44. The molecular formula is C22H27NO2. The van der Waals surface area contributed by atoms with Gasteiger partial charge in [-0.2, -0.15) is 0 Å². The van der Waals surface area contributed by atoms with Crippen molar-refractivity contribution in [3.05, 3.63) is 59.7 Å². The van der Waals surface area contributed by atoms with Crippen molar-refractivity contribution in [2.75, 3.05) is 6.61 Å². The maximum Gasteiger partial charge on any atom is 0.305 e. The number of esters is 1. The molecule has 3 heteroatoms. The standard InChI is InChI=1S/C22H27NO2/c1-2-8-16(23)9-7-14-22(24)25-15-21-19-12-5-3-10-17(19)18-11-4-6-13-20(18)21/h3-6,10-13,16,21H,2,7-9,14-15,23H2,1H3/t16-/m1/s1. The third-order valence-corrected chi connectivity index (χ3v) is 4.99. The molecule has 0 spiro atoms. The highest BCUT2D eigenvalue weighted by Gasteiger charge is 2.28. The Labute approximate surface area is 150 Å². The van der Waals surface area contributed by atoms with Gasteiger partial charge in [0.25, 0.3) is 0 Å². The van der Waals surface area contributed by atoms with Crippen LogP contribution in [-0.2, 0) is 9.53 Å². The quantitative estimate of drug-likeness (QED) is 0.714. The van der Waals surface area contributed by atoms with Gasteiger partial charge in [-0.05, 0) is 41.5 Å². The zero-order chi connectivity index (χ0) is 17.6. The highest BCUT2D eigenvalue weighted by atomic mass is 16.5. The number of fused-ring (bicyclic) bond motifs is 3. The van der Waals surface area contributed by atoms with Gasteiger partial charge in [-0.25, -0.2) is 0 Å². The van der Waals surface area contributed by atoms with Gasteiger partial charge in [0.1, 0.15) is 6.61 Å². The summed E-state index contributed by atoms with van der Waals surface area (Å²) in [5.41, 5.74) is 11.0. The monoisotopic (exact) mass is 337 g/mol. The molecule has 0 aromatic heterocycles. The molecule has 1 aliphatic rings.